The molecule has 1 aromatic heterocycles. The Bertz CT molecular complexity index is 1180. The number of ketones is 1. The second-order valence-electron chi connectivity index (χ2n) is 8.11. The number of ether oxygens (including phenoxy) is 1. The molecule has 4 rings (SSSR count). The number of aromatic nitrogens is 1. The van der Waals surface area contributed by atoms with E-state index in [-0.39, 0.29) is 5.78 Å². The van der Waals surface area contributed by atoms with E-state index in [4.69, 9.17) is 4.74 Å². The number of amides is 1. The molecule has 0 saturated carbocycles. The summed E-state index contributed by atoms with van der Waals surface area (Å²) in [5.74, 6) is -2.24. The first kappa shape index (κ1) is 20.7. The van der Waals surface area contributed by atoms with Crippen molar-refractivity contribution in [1.29, 1.82) is 0 Å². The number of carbonyl (C=O) groups excluding carboxylic acids is 2. The van der Waals surface area contributed by atoms with E-state index in [1.807, 2.05) is 20.8 Å². The van der Waals surface area contributed by atoms with E-state index in [9.17, 15) is 18.4 Å². The maximum atomic E-state index is 13.8. The number of benzene rings is 2. The molecule has 7 heteroatoms. The molecule has 158 valence electrons. The first-order valence-corrected chi connectivity index (χ1v) is 9.73. The van der Waals surface area contributed by atoms with E-state index in [2.05, 4.69) is 10.3 Å². The maximum absolute atomic E-state index is 13.8. The van der Waals surface area contributed by atoms with E-state index in [1.165, 1.54) is 12.3 Å². The van der Waals surface area contributed by atoms with Crippen LogP contribution < -0.4 is 10.1 Å². The number of hydrogen-bond donors (Lipinski definition) is 1. The molecule has 5 nitrogen and oxygen atoms in total. The lowest BCUT2D eigenvalue weighted by molar-refractivity contribution is 0.0620. The minimum absolute atomic E-state index is 0.0345. The Hall–Kier alpha value is -3.61. The smallest absolute Gasteiger partial charge is 0.261 e. The Kier molecular flexibility index (Phi) is 5.05. The number of anilines is 1. The fourth-order valence-corrected chi connectivity index (χ4v) is 3.62. The van der Waals surface area contributed by atoms with Crippen molar-refractivity contribution in [3.8, 4) is 17.0 Å². The summed E-state index contributed by atoms with van der Waals surface area (Å²) in [6.45, 7) is 5.60. The summed E-state index contributed by atoms with van der Waals surface area (Å²) < 4.78 is 33.6. The SMILES string of the molecule is Cc1cc2c(cc1-c1ccc(NC(=O)c3c(F)cccc3F)cn1)OC(C)(C)CC2=O. The minimum Gasteiger partial charge on any atom is -0.487 e. The van der Waals surface area contributed by atoms with Crippen LogP contribution in [0.25, 0.3) is 11.3 Å². The summed E-state index contributed by atoms with van der Waals surface area (Å²) >= 11 is 0. The molecule has 3 aromatic rings. The monoisotopic (exact) mass is 422 g/mol. The number of halogens is 2. The van der Waals surface area contributed by atoms with Crippen LogP contribution in [-0.4, -0.2) is 22.3 Å². The van der Waals surface area contributed by atoms with E-state index in [1.54, 1.807) is 24.3 Å². The normalized spacial score (nSPS) is 14.5. The van der Waals surface area contributed by atoms with Crippen molar-refractivity contribution in [2.24, 2.45) is 0 Å². The molecule has 0 unspecified atom stereocenters. The van der Waals surface area contributed by atoms with E-state index in [0.29, 0.717) is 29.1 Å². The predicted molar refractivity (Wildman–Crippen MR) is 112 cm³/mol. The highest BCUT2D eigenvalue weighted by Gasteiger charge is 2.33. The van der Waals surface area contributed by atoms with Gasteiger partial charge in [0.1, 0.15) is 28.5 Å². The fourth-order valence-electron chi connectivity index (χ4n) is 3.62. The van der Waals surface area contributed by atoms with Crippen molar-refractivity contribution >= 4 is 17.4 Å². The summed E-state index contributed by atoms with van der Waals surface area (Å²) in [4.78, 5) is 29.0. The highest BCUT2D eigenvalue weighted by Crippen LogP contribution is 2.37. The summed E-state index contributed by atoms with van der Waals surface area (Å²) in [6, 6.07) is 10.1. The predicted octanol–water partition coefficient (Wildman–Crippen LogP) is 5.33. The summed E-state index contributed by atoms with van der Waals surface area (Å²) in [6.07, 6.45) is 1.72. The van der Waals surface area contributed by atoms with Gasteiger partial charge in [0, 0.05) is 5.56 Å². The molecule has 1 amide bonds. The number of fused-ring (bicyclic) bond motifs is 1. The largest absolute Gasteiger partial charge is 0.487 e. The number of aryl methyl sites for hydroxylation is 1. The van der Waals surface area contributed by atoms with Gasteiger partial charge < -0.3 is 10.1 Å². The van der Waals surface area contributed by atoms with Gasteiger partial charge in [-0.05, 0) is 62.7 Å². The second-order valence-corrected chi connectivity index (χ2v) is 8.11. The zero-order valence-electron chi connectivity index (χ0n) is 17.3. The van der Waals surface area contributed by atoms with Crippen molar-refractivity contribution in [3.63, 3.8) is 0 Å². The van der Waals surface area contributed by atoms with Gasteiger partial charge >= 0.3 is 0 Å². The third kappa shape index (κ3) is 4.03. The number of hydrogen-bond acceptors (Lipinski definition) is 4. The average molecular weight is 422 g/mol. The molecule has 0 spiro atoms. The van der Waals surface area contributed by atoms with Crippen molar-refractivity contribution in [2.75, 3.05) is 5.32 Å². The van der Waals surface area contributed by atoms with Crippen LogP contribution >= 0.6 is 0 Å². The van der Waals surface area contributed by atoms with Crippen LogP contribution in [0.4, 0.5) is 14.5 Å². The van der Waals surface area contributed by atoms with Crippen LogP contribution in [-0.2, 0) is 0 Å². The Morgan fingerprint density at radius 3 is 2.45 bits per heavy atom. The quantitative estimate of drug-likeness (QED) is 0.619. The zero-order valence-corrected chi connectivity index (χ0v) is 17.3. The molecule has 0 fully saturated rings. The highest BCUT2D eigenvalue weighted by atomic mass is 19.1. The lowest BCUT2D eigenvalue weighted by Crippen LogP contribution is -2.35. The van der Waals surface area contributed by atoms with Gasteiger partial charge in [0.05, 0.1) is 29.6 Å². The topological polar surface area (TPSA) is 68.3 Å². The lowest BCUT2D eigenvalue weighted by atomic mass is 9.90. The number of nitrogens with zero attached hydrogens (tertiary/aromatic N) is 1. The summed E-state index contributed by atoms with van der Waals surface area (Å²) in [5, 5.41) is 2.45. The van der Waals surface area contributed by atoms with Crippen LogP contribution in [0.5, 0.6) is 5.75 Å². The van der Waals surface area contributed by atoms with Crippen LogP contribution in [0, 0.1) is 18.6 Å². The van der Waals surface area contributed by atoms with Gasteiger partial charge in [-0.2, -0.15) is 0 Å². The molecule has 0 radical (unpaired) electrons. The first-order chi connectivity index (χ1) is 14.6. The number of carbonyl (C=O) groups is 2. The van der Waals surface area contributed by atoms with Crippen molar-refractivity contribution in [3.05, 3.63) is 77.0 Å². The molecule has 0 aliphatic carbocycles. The molecule has 0 bridgehead atoms. The van der Waals surface area contributed by atoms with Crippen LogP contribution in [0.15, 0.2) is 48.7 Å². The Balaban J connectivity index is 1.60. The van der Waals surface area contributed by atoms with Gasteiger partial charge in [0.25, 0.3) is 5.91 Å². The van der Waals surface area contributed by atoms with E-state index < -0.39 is 28.7 Å². The van der Waals surface area contributed by atoms with Gasteiger partial charge in [-0.1, -0.05) is 6.07 Å². The molecular formula is C24H20F2N2O3. The van der Waals surface area contributed by atoms with Gasteiger partial charge in [-0.25, -0.2) is 8.78 Å². The molecule has 2 aromatic carbocycles. The van der Waals surface area contributed by atoms with Gasteiger partial charge in [-0.15, -0.1) is 0 Å². The molecule has 0 atom stereocenters. The Labute approximate surface area is 178 Å². The number of pyridine rings is 1. The number of nitrogens with one attached hydrogen (secondary N) is 1. The van der Waals surface area contributed by atoms with Crippen molar-refractivity contribution in [1.82, 2.24) is 4.98 Å². The number of rotatable bonds is 3. The molecule has 0 saturated heterocycles. The lowest BCUT2D eigenvalue weighted by Gasteiger charge is -2.32. The van der Waals surface area contributed by atoms with Gasteiger partial charge in [0.15, 0.2) is 5.78 Å². The van der Waals surface area contributed by atoms with Crippen LogP contribution in [0.1, 0.15) is 46.5 Å². The third-order valence-corrected chi connectivity index (χ3v) is 5.09. The average Bonchev–Trinajstić information content (AvgIpc) is 2.68. The minimum atomic E-state index is -0.941. The molecule has 1 aliphatic rings. The Morgan fingerprint density at radius 2 is 1.81 bits per heavy atom. The highest BCUT2D eigenvalue weighted by molar-refractivity contribution is 6.04. The molecule has 1 aliphatic heterocycles. The summed E-state index contributed by atoms with van der Waals surface area (Å²) in [5.41, 5.74) is 1.85. The van der Waals surface area contributed by atoms with Crippen LogP contribution in [0.2, 0.25) is 0 Å². The molecular weight excluding hydrogens is 402 g/mol. The van der Waals surface area contributed by atoms with E-state index in [0.717, 1.165) is 23.3 Å². The summed E-state index contributed by atoms with van der Waals surface area (Å²) in [7, 11) is 0. The van der Waals surface area contributed by atoms with Crippen molar-refractivity contribution < 1.29 is 23.1 Å². The number of Topliss-reactive ketones (excluding diaryl/α,β-unsaturated/α-hetero) is 1. The second kappa shape index (κ2) is 7.58. The Morgan fingerprint density at radius 1 is 1.10 bits per heavy atom. The van der Waals surface area contributed by atoms with Gasteiger partial charge in [-0.3, -0.25) is 14.6 Å². The van der Waals surface area contributed by atoms with Crippen molar-refractivity contribution in [2.45, 2.75) is 32.8 Å². The first-order valence-electron chi connectivity index (χ1n) is 9.73. The maximum Gasteiger partial charge on any atom is 0.261 e. The van der Waals surface area contributed by atoms with Gasteiger partial charge in [0.2, 0.25) is 0 Å². The molecule has 2 heterocycles. The molecule has 31 heavy (non-hydrogen) atoms. The standard InChI is InChI=1S/C24H20F2N2O3/c1-13-9-16-20(29)11-24(2,3)31-21(16)10-15(13)19-8-7-14(12-27-19)28-23(30)22-17(25)5-4-6-18(22)26/h4-10,12H,11H2,1-3H3,(H,28,30). The fraction of sp³-hybridized carbons (Fsp3) is 0.208. The zero-order chi connectivity index (χ0) is 22.3. The van der Waals surface area contributed by atoms with E-state index >= 15 is 0 Å². The third-order valence-electron chi connectivity index (χ3n) is 5.09. The van der Waals surface area contributed by atoms with Crippen LogP contribution in [0.3, 0.4) is 0 Å². The molecule has 1 N–H and O–H groups in total.